The third-order valence-corrected chi connectivity index (χ3v) is 3.20. The molecule has 20 heavy (non-hydrogen) atoms. The molecule has 0 heterocycles. The summed E-state index contributed by atoms with van der Waals surface area (Å²) in [4.78, 5) is 13.0. The lowest BCUT2D eigenvalue weighted by Crippen LogP contribution is -2.23. The molecule has 1 aromatic rings. The van der Waals surface area contributed by atoms with Crippen LogP contribution in [0, 0.1) is 0 Å². The second kappa shape index (κ2) is 9.23. The third kappa shape index (κ3) is 5.95. The van der Waals surface area contributed by atoms with Crippen molar-refractivity contribution in [2.75, 3.05) is 31.7 Å². The predicted molar refractivity (Wildman–Crippen MR) is 81.4 cm³/mol. The summed E-state index contributed by atoms with van der Waals surface area (Å²) in [6, 6.07) is 8.14. The zero-order valence-corrected chi connectivity index (χ0v) is 12.7. The maximum absolute atomic E-state index is 10.6. The number of carbonyl (C=O) groups is 1. The molecule has 0 amide bonds. The average Bonchev–Trinajstić information content (AvgIpc) is 2.46. The molecule has 0 bridgehead atoms. The maximum Gasteiger partial charge on any atom is 0.302 e. The van der Waals surface area contributed by atoms with Crippen molar-refractivity contribution in [3.05, 3.63) is 24.3 Å². The SMILES string of the molecule is CCN(CCCCCOC(C)=O)c1ccc(OC)cc1. The highest BCUT2D eigenvalue weighted by Crippen LogP contribution is 2.19. The fourth-order valence-corrected chi connectivity index (χ4v) is 2.06. The van der Waals surface area contributed by atoms with Gasteiger partial charge in [0.25, 0.3) is 0 Å². The fraction of sp³-hybridized carbons (Fsp3) is 0.562. The lowest BCUT2D eigenvalue weighted by atomic mass is 10.2. The van der Waals surface area contributed by atoms with Crippen LogP contribution in [-0.4, -0.2) is 32.8 Å². The van der Waals surface area contributed by atoms with Crippen LogP contribution in [0.25, 0.3) is 0 Å². The first-order chi connectivity index (χ1) is 9.67. The van der Waals surface area contributed by atoms with Gasteiger partial charge in [-0.2, -0.15) is 0 Å². The summed E-state index contributed by atoms with van der Waals surface area (Å²) in [6.45, 7) is 6.13. The number of esters is 1. The zero-order valence-electron chi connectivity index (χ0n) is 12.7. The Hall–Kier alpha value is -1.71. The van der Waals surface area contributed by atoms with Crippen molar-refractivity contribution in [2.24, 2.45) is 0 Å². The number of carbonyl (C=O) groups excluding carboxylic acids is 1. The van der Waals surface area contributed by atoms with Gasteiger partial charge >= 0.3 is 5.97 Å². The Morgan fingerprint density at radius 1 is 1.15 bits per heavy atom. The van der Waals surface area contributed by atoms with Crippen LogP contribution >= 0.6 is 0 Å². The van der Waals surface area contributed by atoms with Gasteiger partial charge in [0.1, 0.15) is 5.75 Å². The summed E-state index contributed by atoms with van der Waals surface area (Å²) in [5.41, 5.74) is 1.22. The van der Waals surface area contributed by atoms with Crippen molar-refractivity contribution in [1.29, 1.82) is 0 Å². The molecule has 1 rings (SSSR count). The smallest absolute Gasteiger partial charge is 0.302 e. The van der Waals surface area contributed by atoms with Gasteiger partial charge in [-0.15, -0.1) is 0 Å². The van der Waals surface area contributed by atoms with Gasteiger partial charge in [-0.25, -0.2) is 0 Å². The quantitative estimate of drug-likeness (QED) is 0.514. The average molecular weight is 279 g/mol. The highest BCUT2D eigenvalue weighted by atomic mass is 16.5. The first kappa shape index (κ1) is 16.3. The van der Waals surface area contributed by atoms with Crippen LogP contribution in [0.2, 0.25) is 0 Å². The molecular formula is C16H25NO3. The Bertz CT molecular complexity index is 389. The van der Waals surface area contributed by atoms with E-state index < -0.39 is 0 Å². The Morgan fingerprint density at radius 3 is 2.40 bits per heavy atom. The Morgan fingerprint density at radius 2 is 1.85 bits per heavy atom. The van der Waals surface area contributed by atoms with Crippen molar-refractivity contribution in [2.45, 2.75) is 33.1 Å². The van der Waals surface area contributed by atoms with Gasteiger partial charge in [0.15, 0.2) is 0 Å². The number of benzene rings is 1. The molecule has 1 aromatic carbocycles. The van der Waals surface area contributed by atoms with Crippen molar-refractivity contribution < 1.29 is 14.3 Å². The maximum atomic E-state index is 10.6. The van der Waals surface area contributed by atoms with E-state index in [4.69, 9.17) is 9.47 Å². The number of hydrogen-bond acceptors (Lipinski definition) is 4. The molecule has 0 unspecified atom stereocenters. The van der Waals surface area contributed by atoms with E-state index in [0.717, 1.165) is 38.1 Å². The molecule has 0 N–H and O–H groups in total. The summed E-state index contributed by atoms with van der Waals surface area (Å²) in [5.74, 6) is 0.685. The van der Waals surface area contributed by atoms with Gasteiger partial charge in [-0.3, -0.25) is 4.79 Å². The van der Waals surface area contributed by atoms with Gasteiger partial charge in [0.2, 0.25) is 0 Å². The molecule has 0 saturated heterocycles. The van der Waals surface area contributed by atoms with Crippen LogP contribution in [-0.2, 0) is 9.53 Å². The molecule has 112 valence electrons. The molecular weight excluding hydrogens is 254 g/mol. The number of ether oxygens (including phenoxy) is 2. The molecule has 0 saturated carbocycles. The second-order valence-corrected chi connectivity index (χ2v) is 4.68. The van der Waals surface area contributed by atoms with E-state index in [1.165, 1.54) is 12.6 Å². The van der Waals surface area contributed by atoms with Crippen LogP contribution in [0.15, 0.2) is 24.3 Å². The number of anilines is 1. The molecule has 0 aromatic heterocycles. The minimum atomic E-state index is -0.196. The predicted octanol–water partition coefficient (Wildman–Crippen LogP) is 3.25. The van der Waals surface area contributed by atoms with Crippen LogP contribution < -0.4 is 9.64 Å². The summed E-state index contributed by atoms with van der Waals surface area (Å²) in [7, 11) is 1.68. The highest BCUT2D eigenvalue weighted by molar-refractivity contribution is 5.65. The van der Waals surface area contributed by atoms with Crippen LogP contribution in [0.1, 0.15) is 33.1 Å². The number of rotatable bonds is 9. The van der Waals surface area contributed by atoms with Crippen molar-refractivity contribution >= 4 is 11.7 Å². The van der Waals surface area contributed by atoms with E-state index in [1.54, 1.807) is 7.11 Å². The van der Waals surface area contributed by atoms with E-state index in [9.17, 15) is 4.79 Å². The summed E-state index contributed by atoms with van der Waals surface area (Å²) in [6.07, 6.45) is 3.10. The van der Waals surface area contributed by atoms with Crippen LogP contribution in [0.4, 0.5) is 5.69 Å². The lowest BCUT2D eigenvalue weighted by Gasteiger charge is -2.23. The van der Waals surface area contributed by atoms with Gasteiger partial charge in [0, 0.05) is 25.7 Å². The minimum absolute atomic E-state index is 0.196. The van der Waals surface area contributed by atoms with Gasteiger partial charge in [-0.05, 0) is 50.5 Å². The third-order valence-electron chi connectivity index (χ3n) is 3.20. The first-order valence-electron chi connectivity index (χ1n) is 7.19. The Balaban J connectivity index is 2.29. The van der Waals surface area contributed by atoms with Crippen molar-refractivity contribution in [1.82, 2.24) is 0 Å². The number of unbranched alkanes of at least 4 members (excludes halogenated alkanes) is 2. The molecule has 0 fully saturated rings. The van der Waals surface area contributed by atoms with E-state index in [1.807, 2.05) is 12.1 Å². The highest BCUT2D eigenvalue weighted by Gasteiger charge is 2.04. The van der Waals surface area contributed by atoms with Crippen molar-refractivity contribution in [3.8, 4) is 5.75 Å². The Kier molecular flexibility index (Phi) is 7.55. The molecule has 4 heteroatoms. The molecule has 0 aliphatic heterocycles. The van der Waals surface area contributed by atoms with E-state index in [-0.39, 0.29) is 5.97 Å². The number of hydrogen-bond donors (Lipinski definition) is 0. The summed E-state index contributed by atoms with van der Waals surface area (Å²) < 4.78 is 10.1. The van der Waals surface area contributed by atoms with Gasteiger partial charge in [-0.1, -0.05) is 0 Å². The molecule has 4 nitrogen and oxygen atoms in total. The minimum Gasteiger partial charge on any atom is -0.497 e. The second-order valence-electron chi connectivity index (χ2n) is 4.68. The van der Waals surface area contributed by atoms with E-state index >= 15 is 0 Å². The molecule has 0 spiro atoms. The molecule has 0 atom stereocenters. The van der Waals surface area contributed by atoms with E-state index in [0.29, 0.717) is 6.61 Å². The molecule has 0 radical (unpaired) electrons. The van der Waals surface area contributed by atoms with Gasteiger partial charge in [0.05, 0.1) is 13.7 Å². The van der Waals surface area contributed by atoms with Crippen LogP contribution in [0.3, 0.4) is 0 Å². The standard InChI is InChI=1S/C16H25NO3/c1-4-17(12-6-5-7-13-20-14(2)18)15-8-10-16(19-3)11-9-15/h8-11H,4-7,12-13H2,1-3H3. The number of methoxy groups -OCH3 is 1. The normalized spacial score (nSPS) is 10.2. The van der Waals surface area contributed by atoms with E-state index in [2.05, 4.69) is 24.0 Å². The monoisotopic (exact) mass is 279 g/mol. The van der Waals surface area contributed by atoms with Crippen molar-refractivity contribution in [3.63, 3.8) is 0 Å². The Labute approximate surface area is 121 Å². The first-order valence-corrected chi connectivity index (χ1v) is 7.19. The molecule has 0 aliphatic carbocycles. The molecule has 0 aliphatic rings. The zero-order chi connectivity index (χ0) is 14.8. The lowest BCUT2D eigenvalue weighted by molar-refractivity contribution is -0.141. The summed E-state index contributed by atoms with van der Waals surface area (Å²) >= 11 is 0. The van der Waals surface area contributed by atoms with Crippen LogP contribution in [0.5, 0.6) is 5.75 Å². The topological polar surface area (TPSA) is 38.8 Å². The number of nitrogens with zero attached hydrogens (tertiary/aromatic N) is 1. The summed E-state index contributed by atoms with van der Waals surface area (Å²) in [5, 5.41) is 0. The largest absolute Gasteiger partial charge is 0.497 e. The van der Waals surface area contributed by atoms with Gasteiger partial charge < -0.3 is 14.4 Å². The fourth-order valence-electron chi connectivity index (χ4n) is 2.06.